The molecule has 1 aromatic carbocycles. The van der Waals surface area contributed by atoms with Gasteiger partial charge in [0.15, 0.2) is 5.16 Å². The minimum atomic E-state index is -0.252. The molecule has 0 bridgehead atoms. The number of rotatable bonds is 5. The minimum absolute atomic E-state index is 0.252. The molecule has 3 N–H and O–H groups in total. The van der Waals surface area contributed by atoms with Gasteiger partial charge in [0.25, 0.3) is 0 Å². The third kappa shape index (κ3) is 5.06. The number of hydrogen-bond acceptors (Lipinski definition) is 5. The molecule has 5 nitrogen and oxygen atoms in total. The Kier molecular flexibility index (Phi) is 7.62. The van der Waals surface area contributed by atoms with Crippen LogP contribution < -0.4 is 10.6 Å². The summed E-state index contributed by atoms with van der Waals surface area (Å²) >= 11 is 1.54. The number of nitrogens with zero attached hydrogens (tertiary/aromatic N) is 2. The second-order valence-corrected chi connectivity index (χ2v) is 6.23. The summed E-state index contributed by atoms with van der Waals surface area (Å²) in [5, 5.41) is 6.77. The smallest absolute Gasteiger partial charge is 0.166 e. The molecular formula is C19H24FN5S. The second-order valence-electron chi connectivity index (χ2n) is 5.44. The zero-order chi connectivity index (χ0) is 18.9. The molecule has 138 valence electrons. The standard InChI is InChI=1S/C17H17FN4S.C2H7N/c1-3-19-14-10-12(8-9-20-14)16-15(21-17(22-16)23-2)11-4-6-13(18)7-5-11;1-3-2/h4-10H,3H2,1-2H3,(H,19,20)(H,21,22);3H,1-2H3. The van der Waals surface area contributed by atoms with Crippen molar-refractivity contribution in [3.05, 3.63) is 48.4 Å². The largest absolute Gasteiger partial charge is 0.370 e. The molecule has 0 unspecified atom stereocenters. The van der Waals surface area contributed by atoms with Gasteiger partial charge in [0.2, 0.25) is 0 Å². The fourth-order valence-corrected chi connectivity index (χ4v) is 2.72. The molecule has 0 atom stereocenters. The van der Waals surface area contributed by atoms with Gasteiger partial charge in [0.1, 0.15) is 11.6 Å². The van der Waals surface area contributed by atoms with Gasteiger partial charge in [-0.25, -0.2) is 14.4 Å². The quantitative estimate of drug-likeness (QED) is 0.583. The van der Waals surface area contributed by atoms with Crippen molar-refractivity contribution in [2.75, 3.05) is 32.2 Å². The van der Waals surface area contributed by atoms with Crippen LogP contribution in [0, 0.1) is 5.82 Å². The van der Waals surface area contributed by atoms with Gasteiger partial charge < -0.3 is 15.6 Å². The number of benzene rings is 1. The van der Waals surface area contributed by atoms with Crippen LogP contribution >= 0.6 is 11.8 Å². The number of aromatic amines is 1. The summed E-state index contributed by atoms with van der Waals surface area (Å²) in [6.45, 7) is 2.83. The van der Waals surface area contributed by atoms with E-state index < -0.39 is 0 Å². The van der Waals surface area contributed by atoms with Crippen LogP contribution in [0.1, 0.15) is 6.92 Å². The van der Waals surface area contributed by atoms with Gasteiger partial charge >= 0.3 is 0 Å². The molecular weight excluding hydrogens is 349 g/mol. The monoisotopic (exact) mass is 373 g/mol. The molecule has 0 amide bonds. The zero-order valence-electron chi connectivity index (χ0n) is 15.4. The van der Waals surface area contributed by atoms with Gasteiger partial charge in [0.05, 0.1) is 11.4 Å². The van der Waals surface area contributed by atoms with Crippen molar-refractivity contribution in [2.45, 2.75) is 12.1 Å². The number of H-pyrrole nitrogens is 1. The maximum absolute atomic E-state index is 13.2. The van der Waals surface area contributed by atoms with E-state index in [0.717, 1.165) is 40.0 Å². The van der Waals surface area contributed by atoms with Crippen molar-refractivity contribution in [2.24, 2.45) is 0 Å². The van der Waals surface area contributed by atoms with Gasteiger partial charge in [0, 0.05) is 23.9 Å². The Morgan fingerprint density at radius 2 is 1.81 bits per heavy atom. The summed E-state index contributed by atoms with van der Waals surface area (Å²) in [4.78, 5) is 12.3. The molecule has 0 radical (unpaired) electrons. The molecule has 3 aromatic rings. The van der Waals surface area contributed by atoms with Crippen LogP contribution in [0.3, 0.4) is 0 Å². The SMILES string of the molecule is CCNc1cc(-c2nc(SC)[nH]c2-c2ccc(F)cc2)ccn1.CNC. The lowest BCUT2D eigenvalue weighted by atomic mass is 10.1. The van der Waals surface area contributed by atoms with Gasteiger partial charge in [-0.2, -0.15) is 0 Å². The predicted molar refractivity (Wildman–Crippen MR) is 108 cm³/mol. The first-order valence-electron chi connectivity index (χ1n) is 8.31. The van der Waals surface area contributed by atoms with Crippen molar-refractivity contribution in [1.29, 1.82) is 0 Å². The number of aromatic nitrogens is 3. The first-order chi connectivity index (χ1) is 12.6. The number of halogens is 1. The lowest BCUT2D eigenvalue weighted by molar-refractivity contribution is 0.628. The molecule has 2 aromatic heterocycles. The summed E-state index contributed by atoms with van der Waals surface area (Å²) in [7, 11) is 3.75. The van der Waals surface area contributed by atoms with Crippen molar-refractivity contribution >= 4 is 17.6 Å². The molecule has 7 heteroatoms. The van der Waals surface area contributed by atoms with E-state index >= 15 is 0 Å². The third-order valence-electron chi connectivity index (χ3n) is 3.40. The van der Waals surface area contributed by atoms with Crippen molar-refractivity contribution in [3.63, 3.8) is 0 Å². The van der Waals surface area contributed by atoms with Gasteiger partial charge in [-0.3, -0.25) is 0 Å². The summed E-state index contributed by atoms with van der Waals surface area (Å²) in [6.07, 6.45) is 3.73. The lowest BCUT2D eigenvalue weighted by Crippen LogP contribution is -1.98. The highest BCUT2D eigenvalue weighted by molar-refractivity contribution is 7.98. The van der Waals surface area contributed by atoms with Crippen LogP contribution in [-0.4, -0.2) is 41.8 Å². The van der Waals surface area contributed by atoms with E-state index in [9.17, 15) is 4.39 Å². The van der Waals surface area contributed by atoms with E-state index in [1.165, 1.54) is 23.9 Å². The Bertz CT molecular complexity index is 817. The van der Waals surface area contributed by atoms with Crippen molar-refractivity contribution in [3.8, 4) is 22.5 Å². The molecule has 2 heterocycles. The fourth-order valence-electron chi connectivity index (χ4n) is 2.34. The zero-order valence-corrected chi connectivity index (χ0v) is 16.2. The number of thioether (sulfide) groups is 1. The van der Waals surface area contributed by atoms with Crippen LogP contribution in [0.5, 0.6) is 0 Å². The fraction of sp³-hybridized carbons (Fsp3) is 0.263. The second kappa shape index (κ2) is 9.94. The highest BCUT2D eigenvalue weighted by atomic mass is 32.2. The molecule has 3 rings (SSSR count). The molecule has 0 saturated carbocycles. The summed E-state index contributed by atoms with van der Waals surface area (Å²) in [5.41, 5.74) is 3.58. The summed E-state index contributed by atoms with van der Waals surface area (Å²) in [6, 6.07) is 10.3. The lowest BCUT2D eigenvalue weighted by Gasteiger charge is -2.06. The molecule has 0 fully saturated rings. The van der Waals surface area contributed by atoms with Crippen molar-refractivity contribution < 1.29 is 4.39 Å². The highest BCUT2D eigenvalue weighted by Gasteiger charge is 2.14. The first kappa shape index (κ1) is 19.9. The van der Waals surface area contributed by atoms with Crippen LogP contribution in [0.2, 0.25) is 0 Å². The Morgan fingerprint density at radius 1 is 1.12 bits per heavy atom. The van der Waals surface area contributed by atoms with E-state index in [1.807, 2.05) is 39.4 Å². The van der Waals surface area contributed by atoms with E-state index in [4.69, 9.17) is 0 Å². The number of pyridine rings is 1. The number of imidazole rings is 1. The number of hydrogen-bond donors (Lipinski definition) is 3. The van der Waals surface area contributed by atoms with E-state index in [0.29, 0.717) is 0 Å². The Labute approximate surface area is 157 Å². The van der Waals surface area contributed by atoms with Gasteiger partial charge in [-0.1, -0.05) is 11.8 Å². The number of anilines is 1. The van der Waals surface area contributed by atoms with Gasteiger partial charge in [-0.05, 0) is 63.7 Å². The molecule has 0 aliphatic rings. The Hall–Kier alpha value is -2.38. The van der Waals surface area contributed by atoms with Gasteiger partial charge in [-0.15, -0.1) is 0 Å². The van der Waals surface area contributed by atoms with E-state index in [-0.39, 0.29) is 5.82 Å². The number of nitrogens with one attached hydrogen (secondary N) is 3. The average molecular weight is 374 g/mol. The molecule has 26 heavy (non-hydrogen) atoms. The predicted octanol–water partition coefficient (Wildman–Crippen LogP) is 4.27. The van der Waals surface area contributed by atoms with Crippen LogP contribution in [-0.2, 0) is 0 Å². The molecule has 0 aliphatic carbocycles. The summed E-state index contributed by atoms with van der Waals surface area (Å²) in [5.74, 6) is 0.557. The van der Waals surface area contributed by atoms with Crippen LogP contribution in [0.15, 0.2) is 47.8 Å². The van der Waals surface area contributed by atoms with Crippen molar-refractivity contribution in [1.82, 2.24) is 20.3 Å². The molecule has 0 spiro atoms. The maximum Gasteiger partial charge on any atom is 0.166 e. The summed E-state index contributed by atoms with van der Waals surface area (Å²) < 4.78 is 13.2. The van der Waals surface area contributed by atoms with Crippen LogP contribution in [0.25, 0.3) is 22.5 Å². The Balaban J connectivity index is 0.000000758. The molecule has 0 aliphatic heterocycles. The normalized spacial score (nSPS) is 10.2. The minimum Gasteiger partial charge on any atom is -0.370 e. The topological polar surface area (TPSA) is 65.6 Å². The maximum atomic E-state index is 13.2. The Morgan fingerprint density at radius 3 is 2.42 bits per heavy atom. The van der Waals surface area contributed by atoms with Crippen LogP contribution in [0.4, 0.5) is 10.2 Å². The van der Waals surface area contributed by atoms with E-state index in [1.54, 1.807) is 18.3 Å². The molecule has 0 saturated heterocycles. The third-order valence-corrected chi connectivity index (χ3v) is 3.98. The van der Waals surface area contributed by atoms with E-state index in [2.05, 4.69) is 25.6 Å². The first-order valence-corrected chi connectivity index (χ1v) is 9.54. The average Bonchev–Trinajstić information content (AvgIpc) is 3.08. The highest BCUT2D eigenvalue weighted by Crippen LogP contribution is 2.32.